The normalized spacial score (nSPS) is 9.87. The zero-order chi connectivity index (χ0) is 16.8. The predicted molar refractivity (Wildman–Crippen MR) is 94.8 cm³/mol. The topological polar surface area (TPSA) is 62.2 Å². The summed E-state index contributed by atoms with van der Waals surface area (Å²) < 4.78 is 0. The SMILES string of the molecule is CC.O=C(O)c1ccccc1Nc1ccnc2cc(Cl)ccc12. The summed E-state index contributed by atoms with van der Waals surface area (Å²) in [5, 5.41) is 13.9. The third-order valence-corrected chi connectivity index (χ3v) is 3.37. The van der Waals surface area contributed by atoms with Gasteiger partial charge in [0, 0.05) is 22.3 Å². The lowest BCUT2D eigenvalue weighted by atomic mass is 10.1. The molecule has 4 nitrogen and oxygen atoms in total. The van der Waals surface area contributed by atoms with E-state index in [1.807, 2.05) is 19.9 Å². The fraction of sp³-hybridized carbons (Fsp3) is 0.111. The van der Waals surface area contributed by atoms with Gasteiger partial charge in [0.1, 0.15) is 0 Å². The van der Waals surface area contributed by atoms with Crippen LogP contribution in [-0.2, 0) is 0 Å². The highest BCUT2D eigenvalue weighted by Crippen LogP contribution is 2.28. The van der Waals surface area contributed by atoms with Gasteiger partial charge in [-0.15, -0.1) is 0 Å². The summed E-state index contributed by atoms with van der Waals surface area (Å²) in [6.07, 6.45) is 1.66. The molecule has 2 N–H and O–H groups in total. The van der Waals surface area contributed by atoms with Gasteiger partial charge in [-0.1, -0.05) is 37.6 Å². The highest BCUT2D eigenvalue weighted by atomic mass is 35.5. The fourth-order valence-electron chi connectivity index (χ4n) is 2.15. The maximum absolute atomic E-state index is 11.3. The maximum atomic E-state index is 11.3. The summed E-state index contributed by atoms with van der Waals surface area (Å²) in [6, 6.07) is 14.0. The third kappa shape index (κ3) is 3.79. The van der Waals surface area contributed by atoms with Crippen LogP contribution in [0.3, 0.4) is 0 Å². The van der Waals surface area contributed by atoms with Crippen LogP contribution in [0.25, 0.3) is 10.9 Å². The number of rotatable bonds is 3. The number of nitrogens with one attached hydrogen (secondary N) is 1. The third-order valence-electron chi connectivity index (χ3n) is 3.13. The van der Waals surface area contributed by atoms with E-state index in [-0.39, 0.29) is 5.56 Å². The van der Waals surface area contributed by atoms with Gasteiger partial charge in [0.05, 0.1) is 16.8 Å². The number of benzene rings is 2. The summed E-state index contributed by atoms with van der Waals surface area (Å²) in [7, 11) is 0. The Morgan fingerprint density at radius 1 is 1.09 bits per heavy atom. The van der Waals surface area contributed by atoms with Gasteiger partial charge in [-0.05, 0) is 36.4 Å². The van der Waals surface area contributed by atoms with Crippen molar-refractivity contribution in [1.82, 2.24) is 4.98 Å². The number of pyridine rings is 1. The van der Waals surface area contributed by atoms with Crippen LogP contribution in [0, 0.1) is 0 Å². The molecule has 0 amide bonds. The summed E-state index contributed by atoms with van der Waals surface area (Å²) in [5.41, 5.74) is 2.29. The van der Waals surface area contributed by atoms with Crippen molar-refractivity contribution < 1.29 is 9.90 Å². The molecule has 3 aromatic rings. The van der Waals surface area contributed by atoms with Crippen LogP contribution >= 0.6 is 11.6 Å². The molecule has 0 atom stereocenters. The van der Waals surface area contributed by atoms with Crippen LogP contribution in [0.5, 0.6) is 0 Å². The maximum Gasteiger partial charge on any atom is 0.337 e. The molecule has 2 aromatic carbocycles. The Morgan fingerprint density at radius 3 is 2.57 bits per heavy atom. The molecule has 5 heteroatoms. The average Bonchev–Trinajstić information content (AvgIpc) is 2.57. The number of hydrogen-bond donors (Lipinski definition) is 2. The summed E-state index contributed by atoms with van der Waals surface area (Å²) in [5.74, 6) is -0.973. The minimum Gasteiger partial charge on any atom is -0.478 e. The van der Waals surface area contributed by atoms with Crippen molar-refractivity contribution in [3.05, 3.63) is 65.3 Å². The molecule has 0 radical (unpaired) electrons. The van der Waals surface area contributed by atoms with Crippen molar-refractivity contribution in [3.8, 4) is 0 Å². The number of carbonyl (C=O) groups is 1. The summed E-state index contributed by atoms with van der Waals surface area (Å²) in [6.45, 7) is 4.00. The van der Waals surface area contributed by atoms with Crippen LogP contribution < -0.4 is 5.32 Å². The van der Waals surface area contributed by atoms with E-state index in [1.54, 1.807) is 48.7 Å². The first-order chi connectivity index (χ1) is 11.1. The minimum absolute atomic E-state index is 0.219. The molecule has 0 aliphatic rings. The Labute approximate surface area is 139 Å². The number of carboxylic acids is 1. The van der Waals surface area contributed by atoms with Gasteiger partial charge < -0.3 is 10.4 Å². The molecule has 0 saturated heterocycles. The van der Waals surface area contributed by atoms with E-state index in [2.05, 4.69) is 10.3 Å². The van der Waals surface area contributed by atoms with Crippen LogP contribution in [0.4, 0.5) is 11.4 Å². The second-order valence-electron chi connectivity index (χ2n) is 4.50. The van der Waals surface area contributed by atoms with Crippen LogP contribution in [-0.4, -0.2) is 16.1 Å². The van der Waals surface area contributed by atoms with E-state index < -0.39 is 5.97 Å². The molecule has 0 spiro atoms. The first-order valence-corrected chi connectivity index (χ1v) is 7.66. The summed E-state index contributed by atoms with van der Waals surface area (Å²) >= 11 is 5.96. The van der Waals surface area contributed by atoms with Gasteiger partial charge in [0.25, 0.3) is 0 Å². The first kappa shape index (κ1) is 16.8. The zero-order valence-corrected chi connectivity index (χ0v) is 13.6. The second kappa shape index (κ2) is 7.61. The van der Waals surface area contributed by atoms with Crippen LogP contribution in [0.2, 0.25) is 5.02 Å². The smallest absolute Gasteiger partial charge is 0.337 e. The van der Waals surface area contributed by atoms with Gasteiger partial charge >= 0.3 is 5.97 Å². The molecule has 23 heavy (non-hydrogen) atoms. The zero-order valence-electron chi connectivity index (χ0n) is 12.9. The van der Waals surface area contributed by atoms with Gasteiger partial charge in [0.2, 0.25) is 0 Å². The molecule has 1 aromatic heterocycles. The predicted octanol–water partition coefficient (Wildman–Crippen LogP) is 5.36. The van der Waals surface area contributed by atoms with Gasteiger partial charge in [-0.3, -0.25) is 4.98 Å². The van der Waals surface area contributed by atoms with E-state index in [9.17, 15) is 9.90 Å². The average molecular weight is 329 g/mol. The number of nitrogens with zero attached hydrogens (tertiary/aromatic N) is 1. The second-order valence-corrected chi connectivity index (χ2v) is 4.93. The van der Waals surface area contributed by atoms with Crippen LogP contribution in [0.15, 0.2) is 54.7 Å². The number of carboxylic acid groups (broad SMARTS) is 1. The minimum atomic E-state index is -0.973. The number of para-hydroxylation sites is 1. The van der Waals surface area contributed by atoms with E-state index in [0.29, 0.717) is 10.7 Å². The summed E-state index contributed by atoms with van der Waals surface area (Å²) in [4.78, 5) is 15.5. The fourth-order valence-corrected chi connectivity index (χ4v) is 2.32. The van der Waals surface area contributed by atoms with E-state index in [4.69, 9.17) is 11.6 Å². The van der Waals surface area contributed by atoms with Crippen molar-refractivity contribution in [2.75, 3.05) is 5.32 Å². The van der Waals surface area contributed by atoms with Crippen molar-refractivity contribution in [1.29, 1.82) is 0 Å². The first-order valence-electron chi connectivity index (χ1n) is 7.29. The van der Waals surface area contributed by atoms with E-state index in [0.717, 1.165) is 16.6 Å². The molecular formula is C18H17ClN2O2. The van der Waals surface area contributed by atoms with Gasteiger partial charge in [-0.2, -0.15) is 0 Å². The Morgan fingerprint density at radius 2 is 1.83 bits per heavy atom. The van der Waals surface area contributed by atoms with E-state index in [1.165, 1.54) is 0 Å². The Kier molecular flexibility index (Phi) is 5.55. The van der Waals surface area contributed by atoms with E-state index >= 15 is 0 Å². The molecule has 1 heterocycles. The standard InChI is InChI=1S/C16H11ClN2O2.C2H6/c17-10-5-6-11-14(7-8-18-15(11)9-10)19-13-4-2-1-3-12(13)16(20)21;1-2/h1-9H,(H,18,19)(H,20,21);1-2H3. The molecule has 118 valence electrons. The number of aromatic carboxylic acids is 1. The molecule has 0 fully saturated rings. The number of anilines is 2. The van der Waals surface area contributed by atoms with Crippen molar-refractivity contribution in [2.24, 2.45) is 0 Å². The molecular weight excluding hydrogens is 312 g/mol. The Bertz CT molecular complexity index is 834. The molecule has 0 unspecified atom stereocenters. The number of hydrogen-bond acceptors (Lipinski definition) is 3. The lowest BCUT2D eigenvalue weighted by molar-refractivity contribution is 0.0698. The van der Waals surface area contributed by atoms with Crippen molar-refractivity contribution in [2.45, 2.75) is 13.8 Å². The molecule has 0 saturated carbocycles. The van der Waals surface area contributed by atoms with Gasteiger partial charge in [-0.25, -0.2) is 4.79 Å². The van der Waals surface area contributed by atoms with Crippen molar-refractivity contribution in [3.63, 3.8) is 0 Å². The lowest BCUT2D eigenvalue weighted by Crippen LogP contribution is -2.02. The van der Waals surface area contributed by atoms with Gasteiger partial charge in [0.15, 0.2) is 0 Å². The molecule has 0 aliphatic heterocycles. The number of fused-ring (bicyclic) bond motifs is 1. The lowest BCUT2D eigenvalue weighted by Gasteiger charge is -2.11. The Balaban J connectivity index is 0.000000924. The number of halogens is 1. The highest BCUT2D eigenvalue weighted by molar-refractivity contribution is 6.31. The monoisotopic (exact) mass is 328 g/mol. The molecule has 0 aliphatic carbocycles. The number of aromatic nitrogens is 1. The quantitative estimate of drug-likeness (QED) is 0.679. The Hall–Kier alpha value is -2.59. The van der Waals surface area contributed by atoms with Crippen LogP contribution in [0.1, 0.15) is 24.2 Å². The molecule has 3 rings (SSSR count). The highest BCUT2D eigenvalue weighted by Gasteiger charge is 2.10. The van der Waals surface area contributed by atoms with Crippen molar-refractivity contribution >= 4 is 39.8 Å². The molecule has 0 bridgehead atoms. The largest absolute Gasteiger partial charge is 0.478 e.